The van der Waals surface area contributed by atoms with Crippen LogP contribution in [0, 0.1) is 0 Å². The number of nitrogens with one attached hydrogen (secondary N) is 2. The number of methoxy groups -OCH3 is 1. The van der Waals surface area contributed by atoms with Gasteiger partial charge < -0.3 is 20.8 Å². The fraction of sp³-hybridized carbons (Fsp3) is 0.133. The van der Waals surface area contributed by atoms with Crippen molar-refractivity contribution in [1.82, 2.24) is 15.0 Å². The van der Waals surface area contributed by atoms with Crippen molar-refractivity contribution < 1.29 is 14.3 Å². The van der Waals surface area contributed by atoms with Crippen molar-refractivity contribution in [2.24, 2.45) is 0 Å². The Labute approximate surface area is 155 Å². The highest BCUT2D eigenvalue weighted by atomic mass is 32.2. The molecule has 3 aromatic rings. The number of thioether (sulfide) groups is 1. The third kappa shape index (κ3) is 4.18. The number of carbonyl (C=O) groups excluding carboxylic acids is 2. The van der Waals surface area contributed by atoms with Crippen LogP contribution in [0.1, 0.15) is 10.4 Å². The Morgan fingerprint density at radius 2 is 2.15 bits per heavy atom. The van der Waals surface area contributed by atoms with Crippen LogP contribution in [-0.2, 0) is 9.53 Å². The Bertz CT molecular complexity index is 1050. The third-order valence-corrected chi connectivity index (χ3v) is 4.94. The second kappa shape index (κ2) is 7.54. The number of nitrogens with two attached hydrogens (primary N) is 1. The van der Waals surface area contributed by atoms with E-state index in [4.69, 9.17) is 5.73 Å². The molecule has 3 rings (SSSR count). The minimum atomic E-state index is -0.439. The molecule has 11 heteroatoms. The molecule has 2 aromatic heterocycles. The molecule has 0 saturated heterocycles. The number of esters is 1. The number of carbonyl (C=O) groups is 2. The number of amides is 1. The number of hydrogen-bond donors (Lipinski definition) is 3. The largest absolute Gasteiger partial charge is 0.465 e. The molecular weight excluding hydrogens is 378 g/mol. The lowest BCUT2D eigenvalue weighted by Gasteiger charge is -2.01. The average Bonchev–Trinajstić information content (AvgIpc) is 2.99. The van der Waals surface area contributed by atoms with Crippen LogP contribution in [0.4, 0.5) is 10.9 Å². The zero-order valence-electron chi connectivity index (χ0n) is 13.4. The predicted molar refractivity (Wildman–Crippen MR) is 99.6 cm³/mol. The number of hydrogen-bond acceptors (Lipinski definition) is 9. The maximum Gasteiger partial charge on any atom is 0.337 e. The summed E-state index contributed by atoms with van der Waals surface area (Å²) in [4.78, 5) is 45.7. The number of nitrogen functional groups attached to an aromatic ring is 1. The van der Waals surface area contributed by atoms with Gasteiger partial charge in [0, 0.05) is 6.07 Å². The summed E-state index contributed by atoms with van der Waals surface area (Å²) in [7, 11) is 1.31. The summed E-state index contributed by atoms with van der Waals surface area (Å²) in [6.07, 6.45) is 0. The molecule has 0 aliphatic rings. The van der Waals surface area contributed by atoms with Crippen LogP contribution in [-0.4, -0.2) is 39.7 Å². The van der Waals surface area contributed by atoms with Gasteiger partial charge in [-0.3, -0.25) is 9.59 Å². The van der Waals surface area contributed by atoms with Crippen LogP contribution in [0.3, 0.4) is 0 Å². The highest BCUT2D eigenvalue weighted by Gasteiger charge is 2.12. The molecule has 0 radical (unpaired) electrons. The van der Waals surface area contributed by atoms with Gasteiger partial charge in [-0.05, 0) is 18.2 Å². The van der Waals surface area contributed by atoms with Crippen molar-refractivity contribution in [3.63, 3.8) is 0 Å². The van der Waals surface area contributed by atoms with E-state index < -0.39 is 5.97 Å². The normalized spacial score (nSPS) is 10.7. The zero-order valence-corrected chi connectivity index (χ0v) is 15.1. The molecule has 0 bridgehead atoms. The minimum Gasteiger partial charge on any atom is -0.465 e. The number of fused-ring (bicyclic) bond motifs is 1. The van der Waals surface area contributed by atoms with Crippen LogP contribution in [0.15, 0.2) is 34.2 Å². The van der Waals surface area contributed by atoms with E-state index in [0.29, 0.717) is 16.2 Å². The topological polar surface area (TPSA) is 140 Å². The van der Waals surface area contributed by atoms with E-state index in [2.05, 4.69) is 25.0 Å². The highest BCUT2D eigenvalue weighted by Crippen LogP contribution is 2.27. The fourth-order valence-electron chi connectivity index (χ4n) is 2.03. The first-order valence-corrected chi connectivity index (χ1v) is 9.03. The van der Waals surface area contributed by atoms with E-state index in [1.54, 1.807) is 18.2 Å². The molecule has 134 valence electrons. The maximum absolute atomic E-state index is 12.1. The molecule has 2 heterocycles. The molecular formula is C15H13N5O4S2. The summed E-state index contributed by atoms with van der Waals surface area (Å²) in [5.74, 6) is -0.641. The lowest BCUT2D eigenvalue weighted by molar-refractivity contribution is -0.113. The molecule has 0 fully saturated rings. The molecule has 0 spiro atoms. The predicted octanol–water partition coefficient (Wildman–Crippen LogP) is 1.48. The molecule has 0 atom stereocenters. The number of anilines is 2. The zero-order chi connectivity index (χ0) is 18.7. The number of aromatic amines is 1. The van der Waals surface area contributed by atoms with Gasteiger partial charge in [-0.15, -0.1) is 0 Å². The molecule has 4 N–H and O–H groups in total. The second-order valence-electron chi connectivity index (χ2n) is 5.01. The second-order valence-corrected chi connectivity index (χ2v) is 7.00. The first-order chi connectivity index (χ1) is 12.4. The molecule has 0 saturated carbocycles. The number of ether oxygens (including phenoxy) is 1. The van der Waals surface area contributed by atoms with Gasteiger partial charge in [0.1, 0.15) is 5.82 Å². The first-order valence-electron chi connectivity index (χ1n) is 7.23. The van der Waals surface area contributed by atoms with E-state index in [0.717, 1.165) is 22.5 Å². The number of benzene rings is 1. The van der Waals surface area contributed by atoms with E-state index in [9.17, 15) is 14.4 Å². The first kappa shape index (κ1) is 17.9. The fourth-order valence-corrected chi connectivity index (χ4v) is 3.64. The summed E-state index contributed by atoms with van der Waals surface area (Å²) in [6.45, 7) is 0. The number of H-pyrrole nitrogens is 1. The smallest absolute Gasteiger partial charge is 0.337 e. The van der Waals surface area contributed by atoms with Crippen molar-refractivity contribution in [2.45, 2.75) is 5.16 Å². The van der Waals surface area contributed by atoms with Crippen LogP contribution in [0.25, 0.3) is 10.2 Å². The van der Waals surface area contributed by atoms with Gasteiger partial charge in [0.15, 0.2) is 10.3 Å². The summed E-state index contributed by atoms with van der Waals surface area (Å²) >= 11 is 2.29. The van der Waals surface area contributed by atoms with Gasteiger partial charge in [-0.1, -0.05) is 23.1 Å². The van der Waals surface area contributed by atoms with Gasteiger partial charge in [-0.25, -0.2) is 14.8 Å². The van der Waals surface area contributed by atoms with Crippen LogP contribution >= 0.6 is 23.1 Å². The molecule has 0 aliphatic heterocycles. The van der Waals surface area contributed by atoms with E-state index in [-0.39, 0.29) is 28.2 Å². The standard InChI is InChI=1S/C15H13N5O4S2/c1-24-13(23)7-2-3-8-9(4-7)26-15(17-8)20-12(22)6-25-14-18-10(16)5-11(21)19-14/h2-5H,6H2,1H3,(H,17,20,22)(H3,16,18,19,21). The summed E-state index contributed by atoms with van der Waals surface area (Å²) < 4.78 is 5.43. The Kier molecular flexibility index (Phi) is 5.19. The van der Waals surface area contributed by atoms with Crippen molar-refractivity contribution in [2.75, 3.05) is 23.9 Å². The minimum absolute atomic E-state index is 0.0235. The maximum atomic E-state index is 12.1. The Morgan fingerprint density at radius 3 is 2.88 bits per heavy atom. The number of thiazole rings is 1. The summed E-state index contributed by atoms with van der Waals surface area (Å²) in [6, 6.07) is 6.11. The third-order valence-electron chi connectivity index (χ3n) is 3.14. The summed E-state index contributed by atoms with van der Waals surface area (Å²) in [5, 5.41) is 3.34. The van der Waals surface area contributed by atoms with Gasteiger partial charge in [0.05, 0.1) is 28.6 Å². The van der Waals surface area contributed by atoms with Crippen LogP contribution < -0.4 is 16.6 Å². The molecule has 1 aromatic carbocycles. The van der Waals surface area contributed by atoms with Crippen molar-refractivity contribution >= 4 is 56.1 Å². The van der Waals surface area contributed by atoms with E-state index >= 15 is 0 Å². The van der Waals surface area contributed by atoms with Crippen molar-refractivity contribution in [3.05, 3.63) is 40.2 Å². The highest BCUT2D eigenvalue weighted by molar-refractivity contribution is 7.99. The Balaban J connectivity index is 1.67. The Morgan fingerprint density at radius 1 is 1.35 bits per heavy atom. The number of aromatic nitrogens is 3. The molecule has 26 heavy (non-hydrogen) atoms. The number of nitrogens with zero attached hydrogens (tertiary/aromatic N) is 2. The van der Waals surface area contributed by atoms with Crippen LogP contribution in [0.5, 0.6) is 0 Å². The van der Waals surface area contributed by atoms with Crippen molar-refractivity contribution in [1.29, 1.82) is 0 Å². The van der Waals surface area contributed by atoms with E-state index in [1.165, 1.54) is 18.4 Å². The monoisotopic (exact) mass is 391 g/mol. The van der Waals surface area contributed by atoms with Gasteiger partial charge in [0.25, 0.3) is 5.56 Å². The lowest BCUT2D eigenvalue weighted by atomic mass is 10.2. The quantitative estimate of drug-likeness (QED) is 0.337. The summed E-state index contributed by atoms with van der Waals surface area (Å²) in [5.41, 5.74) is 6.18. The molecule has 9 nitrogen and oxygen atoms in total. The molecule has 1 amide bonds. The molecule has 0 aliphatic carbocycles. The lowest BCUT2D eigenvalue weighted by Crippen LogP contribution is -2.15. The van der Waals surface area contributed by atoms with Gasteiger partial charge in [0.2, 0.25) is 5.91 Å². The van der Waals surface area contributed by atoms with Gasteiger partial charge >= 0.3 is 5.97 Å². The van der Waals surface area contributed by atoms with Crippen LogP contribution in [0.2, 0.25) is 0 Å². The average molecular weight is 391 g/mol. The molecule has 0 unspecified atom stereocenters. The van der Waals surface area contributed by atoms with Crippen molar-refractivity contribution in [3.8, 4) is 0 Å². The SMILES string of the molecule is COC(=O)c1ccc2nc(NC(=O)CSc3nc(N)cc(=O)[nH]3)sc2c1. The number of rotatable bonds is 5. The van der Waals surface area contributed by atoms with E-state index in [1.807, 2.05) is 0 Å². The Hall–Kier alpha value is -2.92. The van der Waals surface area contributed by atoms with Gasteiger partial charge in [-0.2, -0.15) is 0 Å².